The van der Waals surface area contributed by atoms with Crippen LogP contribution in [0.5, 0.6) is 0 Å². The van der Waals surface area contributed by atoms with E-state index in [0.717, 1.165) is 11.1 Å². The lowest BCUT2D eigenvalue weighted by Gasteiger charge is -1.93. The average Bonchev–Trinajstić information content (AvgIpc) is 2.87. The summed E-state index contributed by atoms with van der Waals surface area (Å²) in [5.74, 6) is 0.347. The van der Waals surface area contributed by atoms with Crippen LogP contribution in [0, 0.1) is 5.82 Å². The normalized spacial score (nSPS) is 16.4. The van der Waals surface area contributed by atoms with Gasteiger partial charge in [0.1, 0.15) is 5.82 Å². The van der Waals surface area contributed by atoms with E-state index in [1.165, 1.54) is 18.9 Å². The second-order valence-electron chi connectivity index (χ2n) is 3.85. The fraction of sp³-hybridized carbons (Fsp3) is 0.273. The van der Waals surface area contributed by atoms with Crippen LogP contribution < -0.4 is 0 Å². The Morgan fingerprint density at radius 1 is 1.29 bits per heavy atom. The highest BCUT2D eigenvalue weighted by atomic mass is 35.5. The van der Waals surface area contributed by atoms with Gasteiger partial charge in [-0.15, -0.1) is 0 Å². The van der Waals surface area contributed by atoms with Crippen molar-refractivity contribution in [3.8, 4) is 0 Å². The van der Waals surface area contributed by atoms with Crippen molar-refractivity contribution in [1.29, 1.82) is 0 Å². The molecule has 1 aromatic heterocycles. The summed E-state index contributed by atoms with van der Waals surface area (Å²) in [5.41, 5.74) is 1.72. The summed E-state index contributed by atoms with van der Waals surface area (Å²) >= 11 is 5.77. The second-order valence-corrected chi connectivity index (χ2v) is 4.29. The summed E-state index contributed by atoms with van der Waals surface area (Å²) in [6, 6.07) is 5.14. The van der Waals surface area contributed by atoms with E-state index >= 15 is 0 Å². The van der Waals surface area contributed by atoms with Crippen LogP contribution in [0.15, 0.2) is 18.2 Å². The molecule has 1 aliphatic rings. The Morgan fingerprint density at radius 3 is 2.79 bits per heavy atom. The van der Waals surface area contributed by atoms with Gasteiger partial charge in [-0.3, -0.25) is 0 Å². The Balaban J connectivity index is 2.26. The topological polar surface area (TPSA) is 15.8 Å². The molecule has 0 amide bonds. The first kappa shape index (κ1) is 8.30. The third-order valence-corrected chi connectivity index (χ3v) is 2.90. The van der Waals surface area contributed by atoms with Gasteiger partial charge in [0, 0.05) is 16.1 Å². The van der Waals surface area contributed by atoms with E-state index in [0.29, 0.717) is 16.5 Å². The fourth-order valence-corrected chi connectivity index (χ4v) is 2.01. The quantitative estimate of drug-likeness (QED) is 0.735. The monoisotopic (exact) mass is 209 g/mol. The molecule has 1 N–H and O–H groups in total. The molecule has 3 rings (SSSR count). The van der Waals surface area contributed by atoms with Gasteiger partial charge in [-0.05, 0) is 37.0 Å². The molecule has 1 aliphatic carbocycles. The minimum absolute atomic E-state index is 0.264. The molecule has 3 heteroatoms. The average molecular weight is 210 g/mol. The Kier molecular flexibility index (Phi) is 1.62. The van der Waals surface area contributed by atoms with E-state index in [9.17, 15) is 4.39 Å². The molecule has 1 fully saturated rings. The summed E-state index contributed by atoms with van der Waals surface area (Å²) in [7, 11) is 0. The Hall–Kier alpha value is -1.02. The Morgan fingerprint density at radius 2 is 2.07 bits per heavy atom. The van der Waals surface area contributed by atoms with E-state index in [2.05, 4.69) is 4.98 Å². The third-order valence-electron chi connectivity index (χ3n) is 2.68. The minimum Gasteiger partial charge on any atom is -0.356 e. The first-order chi connectivity index (χ1) is 6.74. The second kappa shape index (κ2) is 2.74. The van der Waals surface area contributed by atoms with Crippen molar-refractivity contribution in [3.63, 3.8) is 0 Å². The van der Waals surface area contributed by atoms with Crippen LogP contribution >= 0.6 is 11.6 Å². The predicted molar refractivity (Wildman–Crippen MR) is 55.2 cm³/mol. The van der Waals surface area contributed by atoms with Gasteiger partial charge in [0.05, 0.1) is 5.52 Å². The molecule has 0 spiro atoms. The van der Waals surface area contributed by atoms with Gasteiger partial charge in [-0.25, -0.2) is 4.39 Å². The molecule has 14 heavy (non-hydrogen) atoms. The number of benzene rings is 1. The van der Waals surface area contributed by atoms with Crippen molar-refractivity contribution in [2.75, 3.05) is 0 Å². The molecule has 0 radical (unpaired) electrons. The number of aromatic nitrogens is 1. The summed E-state index contributed by atoms with van der Waals surface area (Å²) in [6.07, 6.45) is 2.42. The molecule has 0 unspecified atom stereocenters. The maximum Gasteiger partial charge on any atom is 0.148 e. The molecule has 0 saturated heterocycles. The number of fused-ring (bicyclic) bond motifs is 1. The molecule has 1 saturated carbocycles. The largest absolute Gasteiger partial charge is 0.356 e. The summed E-state index contributed by atoms with van der Waals surface area (Å²) < 4.78 is 13.4. The van der Waals surface area contributed by atoms with Gasteiger partial charge in [0.25, 0.3) is 0 Å². The molecule has 0 atom stereocenters. The lowest BCUT2D eigenvalue weighted by Crippen LogP contribution is -1.79. The molecule has 0 bridgehead atoms. The van der Waals surface area contributed by atoms with Crippen molar-refractivity contribution < 1.29 is 4.39 Å². The van der Waals surface area contributed by atoms with Crippen LogP contribution in [-0.4, -0.2) is 4.98 Å². The Labute approximate surface area is 85.9 Å². The fourth-order valence-electron chi connectivity index (χ4n) is 1.80. The maximum absolute atomic E-state index is 13.4. The molecule has 1 heterocycles. The number of hydrogen-bond acceptors (Lipinski definition) is 0. The molecule has 2 aromatic rings. The SMILES string of the molecule is Fc1cc(Cl)cc2cc(C3CC3)[nH]c12. The summed E-state index contributed by atoms with van der Waals surface area (Å²) in [6.45, 7) is 0. The first-order valence-corrected chi connectivity index (χ1v) is 5.09. The minimum atomic E-state index is -0.264. The van der Waals surface area contributed by atoms with E-state index in [4.69, 9.17) is 11.6 Å². The van der Waals surface area contributed by atoms with Gasteiger partial charge in [-0.1, -0.05) is 11.6 Å². The first-order valence-electron chi connectivity index (χ1n) is 4.72. The molecular weight excluding hydrogens is 201 g/mol. The number of aromatic amines is 1. The predicted octanol–water partition coefficient (Wildman–Crippen LogP) is 3.84. The van der Waals surface area contributed by atoms with Gasteiger partial charge in [0.15, 0.2) is 0 Å². The zero-order chi connectivity index (χ0) is 9.71. The van der Waals surface area contributed by atoms with Gasteiger partial charge < -0.3 is 4.98 Å². The standard InChI is InChI=1S/C11H9ClFN/c12-8-3-7-4-10(6-1-2-6)14-11(7)9(13)5-8/h3-6,14H,1-2H2. The smallest absolute Gasteiger partial charge is 0.148 e. The van der Waals surface area contributed by atoms with Crippen LogP contribution in [0.4, 0.5) is 4.39 Å². The van der Waals surface area contributed by atoms with Crippen molar-refractivity contribution in [2.45, 2.75) is 18.8 Å². The number of rotatable bonds is 1. The van der Waals surface area contributed by atoms with E-state index in [-0.39, 0.29) is 5.82 Å². The van der Waals surface area contributed by atoms with Crippen LogP contribution in [0.3, 0.4) is 0 Å². The molecule has 1 aromatic carbocycles. The van der Waals surface area contributed by atoms with Gasteiger partial charge >= 0.3 is 0 Å². The zero-order valence-corrected chi connectivity index (χ0v) is 8.24. The Bertz CT molecular complexity index is 499. The van der Waals surface area contributed by atoms with Gasteiger partial charge in [0.2, 0.25) is 0 Å². The highest BCUT2D eigenvalue weighted by Crippen LogP contribution is 2.41. The van der Waals surface area contributed by atoms with E-state index < -0.39 is 0 Å². The van der Waals surface area contributed by atoms with Crippen LogP contribution in [0.1, 0.15) is 24.5 Å². The van der Waals surface area contributed by atoms with Crippen molar-refractivity contribution >= 4 is 22.5 Å². The highest BCUT2D eigenvalue weighted by molar-refractivity contribution is 6.31. The van der Waals surface area contributed by atoms with Crippen molar-refractivity contribution in [2.24, 2.45) is 0 Å². The zero-order valence-electron chi connectivity index (χ0n) is 7.48. The molecular formula is C11H9ClFN. The van der Waals surface area contributed by atoms with Crippen molar-refractivity contribution in [1.82, 2.24) is 4.98 Å². The number of halogens is 2. The number of nitrogens with one attached hydrogen (secondary N) is 1. The lowest BCUT2D eigenvalue weighted by molar-refractivity contribution is 0.637. The summed E-state index contributed by atoms with van der Waals surface area (Å²) in [5, 5.41) is 1.33. The summed E-state index contributed by atoms with van der Waals surface area (Å²) in [4.78, 5) is 3.12. The van der Waals surface area contributed by atoms with E-state index in [1.54, 1.807) is 6.07 Å². The van der Waals surface area contributed by atoms with Crippen LogP contribution in [0.25, 0.3) is 10.9 Å². The maximum atomic E-state index is 13.4. The van der Waals surface area contributed by atoms with Crippen LogP contribution in [0.2, 0.25) is 5.02 Å². The lowest BCUT2D eigenvalue weighted by atomic mass is 10.2. The van der Waals surface area contributed by atoms with Gasteiger partial charge in [-0.2, -0.15) is 0 Å². The number of hydrogen-bond donors (Lipinski definition) is 1. The highest BCUT2D eigenvalue weighted by Gasteiger charge is 2.25. The van der Waals surface area contributed by atoms with Crippen LogP contribution in [-0.2, 0) is 0 Å². The molecule has 0 aliphatic heterocycles. The third kappa shape index (κ3) is 1.22. The number of H-pyrrole nitrogens is 1. The van der Waals surface area contributed by atoms with E-state index in [1.807, 2.05) is 6.07 Å². The molecule has 72 valence electrons. The molecule has 1 nitrogen and oxygen atoms in total. The van der Waals surface area contributed by atoms with Crippen molar-refractivity contribution in [3.05, 3.63) is 34.7 Å².